The first-order valence-electron chi connectivity index (χ1n) is 7.99. The average Bonchev–Trinajstić information content (AvgIpc) is 3.31. The molecule has 0 aliphatic carbocycles. The van der Waals surface area contributed by atoms with Gasteiger partial charge in [0.25, 0.3) is 5.56 Å². The Bertz CT molecular complexity index is 1090. The monoisotopic (exact) mass is 393 g/mol. The van der Waals surface area contributed by atoms with E-state index >= 15 is 0 Å². The second kappa shape index (κ2) is 6.74. The van der Waals surface area contributed by atoms with Crippen molar-refractivity contribution < 1.29 is 9.53 Å². The summed E-state index contributed by atoms with van der Waals surface area (Å²) in [6, 6.07) is 1.70. The maximum absolute atomic E-state index is 12.5. The second-order valence-electron chi connectivity index (χ2n) is 5.92. The third kappa shape index (κ3) is 3.20. The lowest BCUT2D eigenvalue weighted by atomic mass is 10.2. The highest BCUT2D eigenvalue weighted by molar-refractivity contribution is 7.18. The molecule has 1 fully saturated rings. The standard InChI is InChI=1S/C15H15N5O4S2/c1-7-5-8-11(25-7)17-15(23)20(13(8)22)6-10(21)16-14-19-18-12(26-14)9-3-2-4-24-9/h5,9H,2-4,6H2,1H3,(H,17,23)(H,16,19,21). The zero-order chi connectivity index (χ0) is 18.3. The van der Waals surface area contributed by atoms with Crippen LogP contribution in [0.3, 0.4) is 0 Å². The van der Waals surface area contributed by atoms with Crippen LogP contribution in [0.1, 0.15) is 28.8 Å². The van der Waals surface area contributed by atoms with Gasteiger partial charge in [-0.2, -0.15) is 0 Å². The molecular weight excluding hydrogens is 378 g/mol. The van der Waals surface area contributed by atoms with Gasteiger partial charge in [0.05, 0.1) is 5.39 Å². The molecule has 4 rings (SSSR count). The van der Waals surface area contributed by atoms with Gasteiger partial charge in [0.2, 0.25) is 11.0 Å². The van der Waals surface area contributed by atoms with Crippen LogP contribution < -0.4 is 16.6 Å². The van der Waals surface area contributed by atoms with Crippen molar-refractivity contribution in [1.82, 2.24) is 19.7 Å². The quantitative estimate of drug-likeness (QED) is 0.692. The molecule has 0 radical (unpaired) electrons. The van der Waals surface area contributed by atoms with E-state index in [1.807, 2.05) is 6.92 Å². The van der Waals surface area contributed by atoms with Gasteiger partial charge in [0.15, 0.2) is 0 Å². The van der Waals surface area contributed by atoms with Gasteiger partial charge >= 0.3 is 5.69 Å². The molecule has 3 aromatic heterocycles. The smallest absolute Gasteiger partial charge is 0.329 e. The van der Waals surface area contributed by atoms with Crippen LogP contribution in [0.2, 0.25) is 0 Å². The Morgan fingerprint density at radius 1 is 1.42 bits per heavy atom. The summed E-state index contributed by atoms with van der Waals surface area (Å²) in [7, 11) is 0. The number of rotatable bonds is 4. The van der Waals surface area contributed by atoms with Gasteiger partial charge < -0.3 is 4.74 Å². The van der Waals surface area contributed by atoms with Crippen LogP contribution in [-0.4, -0.2) is 32.3 Å². The lowest BCUT2D eigenvalue weighted by Gasteiger charge is -2.04. The first-order valence-corrected chi connectivity index (χ1v) is 9.62. The number of aromatic nitrogens is 4. The third-order valence-electron chi connectivity index (χ3n) is 3.99. The minimum absolute atomic E-state index is 0.0761. The molecule has 1 amide bonds. The highest BCUT2D eigenvalue weighted by atomic mass is 32.1. The van der Waals surface area contributed by atoms with Gasteiger partial charge in [0.1, 0.15) is 22.5 Å². The summed E-state index contributed by atoms with van der Waals surface area (Å²) in [6.07, 6.45) is 1.78. The van der Waals surface area contributed by atoms with Crippen LogP contribution in [-0.2, 0) is 16.1 Å². The Kier molecular flexibility index (Phi) is 4.42. The van der Waals surface area contributed by atoms with E-state index in [-0.39, 0.29) is 6.10 Å². The van der Waals surface area contributed by atoms with Crippen LogP contribution in [0.4, 0.5) is 5.13 Å². The van der Waals surface area contributed by atoms with Crippen molar-refractivity contribution in [1.29, 1.82) is 0 Å². The number of carbonyl (C=O) groups excluding carboxylic acids is 1. The minimum Gasteiger partial charge on any atom is -0.371 e. The first kappa shape index (κ1) is 17.1. The van der Waals surface area contributed by atoms with E-state index < -0.39 is 23.7 Å². The average molecular weight is 393 g/mol. The number of H-pyrrole nitrogens is 1. The van der Waals surface area contributed by atoms with E-state index in [0.29, 0.717) is 27.0 Å². The van der Waals surface area contributed by atoms with Gasteiger partial charge in [0, 0.05) is 11.5 Å². The fraction of sp³-hybridized carbons (Fsp3) is 0.400. The summed E-state index contributed by atoms with van der Waals surface area (Å²) in [4.78, 5) is 40.9. The predicted octanol–water partition coefficient (Wildman–Crippen LogP) is 1.40. The number of fused-ring (bicyclic) bond motifs is 1. The Balaban J connectivity index is 1.52. The van der Waals surface area contributed by atoms with Crippen LogP contribution in [0.15, 0.2) is 15.7 Å². The van der Waals surface area contributed by atoms with Crippen LogP contribution in [0.25, 0.3) is 10.2 Å². The molecule has 2 N–H and O–H groups in total. The molecule has 4 heterocycles. The maximum Gasteiger partial charge on any atom is 0.329 e. The van der Waals surface area contributed by atoms with Gasteiger partial charge in [-0.25, -0.2) is 4.79 Å². The van der Waals surface area contributed by atoms with Gasteiger partial charge in [-0.1, -0.05) is 11.3 Å². The van der Waals surface area contributed by atoms with E-state index in [9.17, 15) is 14.4 Å². The van der Waals surface area contributed by atoms with E-state index in [0.717, 1.165) is 22.3 Å². The van der Waals surface area contributed by atoms with Crippen molar-refractivity contribution >= 4 is 43.9 Å². The summed E-state index contributed by atoms with van der Waals surface area (Å²) < 4.78 is 6.41. The molecule has 1 atom stereocenters. The van der Waals surface area contributed by atoms with Crippen molar-refractivity contribution in [3.63, 3.8) is 0 Å². The van der Waals surface area contributed by atoms with E-state index in [4.69, 9.17) is 4.74 Å². The molecule has 136 valence electrons. The number of aromatic amines is 1. The Morgan fingerprint density at radius 3 is 3.04 bits per heavy atom. The molecular formula is C15H15N5O4S2. The number of thiophene rings is 1. The highest BCUT2D eigenvalue weighted by Gasteiger charge is 2.22. The number of hydrogen-bond donors (Lipinski definition) is 2. The zero-order valence-corrected chi connectivity index (χ0v) is 15.4. The van der Waals surface area contributed by atoms with Crippen LogP contribution in [0, 0.1) is 6.92 Å². The van der Waals surface area contributed by atoms with Crippen LogP contribution >= 0.6 is 22.7 Å². The topological polar surface area (TPSA) is 119 Å². The number of hydrogen-bond acceptors (Lipinski definition) is 8. The molecule has 1 aliphatic heterocycles. The van der Waals surface area contributed by atoms with Gasteiger partial charge in [-0.05, 0) is 25.8 Å². The summed E-state index contributed by atoms with van der Waals surface area (Å²) in [5.41, 5.74) is -1.10. The first-order chi connectivity index (χ1) is 12.5. The second-order valence-corrected chi connectivity index (χ2v) is 8.18. The van der Waals surface area contributed by atoms with Crippen molar-refractivity contribution in [3.8, 4) is 0 Å². The fourth-order valence-corrected chi connectivity index (χ4v) is 4.54. The summed E-state index contributed by atoms with van der Waals surface area (Å²) in [5, 5.41) is 12.0. The van der Waals surface area contributed by atoms with E-state index in [1.54, 1.807) is 6.07 Å². The maximum atomic E-state index is 12.5. The number of amides is 1. The highest BCUT2D eigenvalue weighted by Crippen LogP contribution is 2.31. The van der Waals surface area contributed by atoms with Gasteiger partial charge in [-0.15, -0.1) is 21.5 Å². The van der Waals surface area contributed by atoms with E-state index in [2.05, 4.69) is 20.5 Å². The van der Waals surface area contributed by atoms with Crippen molar-refractivity contribution in [2.24, 2.45) is 0 Å². The summed E-state index contributed by atoms with van der Waals surface area (Å²) >= 11 is 2.56. The molecule has 1 unspecified atom stereocenters. The number of anilines is 1. The molecule has 11 heteroatoms. The largest absolute Gasteiger partial charge is 0.371 e. The SMILES string of the molecule is Cc1cc2c(=O)n(CC(=O)Nc3nnc(C4CCCO4)s3)c(=O)[nH]c2s1. The number of nitrogens with zero attached hydrogens (tertiary/aromatic N) is 3. The molecule has 0 spiro atoms. The van der Waals surface area contributed by atoms with E-state index in [1.165, 1.54) is 22.7 Å². The number of carbonyl (C=O) groups is 1. The van der Waals surface area contributed by atoms with Crippen molar-refractivity contribution in [2.45, 2.75) is 32.4 Å². The molecule has 3 aromatic rings. The Hall–Kier alpha value is -2.37. The summed E-state index contributed by atoms with van der Waals surface area (Å²) in [6.45, 7) is 2.15. The zero-order valence-electron chi connectivity index (χ0n) is 13.8. The lowest BCUT2D eigenvalue weighted by molar-refractivity contribution is -0.116. The fourth-order valence-electron chi connectivity index (χ4n) is 2.80. The molecule has 0 saturated carbocycles. The number of nitrogens with one attached hydrogen (secondary N) is 2. The third-order valence-corrected chi connectivity index (χ3v) is 5.89. The minimum atomic E-state index is -0.614. The van der Waals surface area contributed by atoms with Gasteiger partial charge in [-0.3, -0.25) is 24.5 Å². The molecule has 1 saturated heterocycles. The van der Waals surface area contributed by atoms with Crippen molar-refractivity contribution in [3.05, 3.63) is 36.8 Å². The molecule has 0 bridgehead atoms. The molecule has 9 nitrogen and oxygen atoms in total. The number of ether oxygens (including phenoxy) is 1. The molecule has 0 aromatic carbocycles. The number of aryl methyl sites for hydroxylation is 1. The normalized spacial score (nSPS) is 17.0. The molecule has 1 aliphatic rings. The van der Waals surface area contributed by atoms with Crippen molar-refractivity contribution in [2.75, 3.05) is 11.9 Å². The Labute approximate surface area is 154 Å². The lowest BCUT2D eigenvalue weighted by Crippen LogP contribution is -2.38. The Morgan fingerprint density at radius 2 is 2.27 bits per heavy atom. The molecule has 26 heavy (non-hydrogen) atoms. The summed E-state index contributed by atoms with van der Waals surface area (Å²) in [5.74, 6) is -0.515. The van der Waals surface area contributed by atoms with Crippen LogP contribution in [0.5, 0.6) is 0 Å². The predicted molar refractivity (Wildman–Crippen MR) is 97.9 cm³/mol.